The van der Waals surface area contributed by atoms with Crippen LogP contribution in [-0.2, 0) is 71.3 Å². The number of hydrogen-bond acceptors (Lipinski definition) is 23. The average molecular weight is 877 g/mol. The number of methoxy groups -OCH3 is 4. The normalized spacial score (nSPS) is 36.4. The Morgan fingerprint density at radius 3 is 1.93 bits per heavy atom. The highest BCUT2D eigenvalue weighted by Crippen LogP contribution is 2.32. The van der Waals surface area contributed by atoms with Crippen molar-refractivity contribution in [3.63, 3.8) is 0 Å². The van der Waals surface area contributed by atoms with E-state index in [-0.39, 0.29) is 0 Å². The lowest BCUT2D eigenvalue weighted by Crippen LogP contribution is -2.67. The second-order valence-corrected chi connectivity index (χ2v) is 13.6. The first kappa shape index (κ1) is 51.4. The van der Waals surface area contributed by atoms with Gasteiger partial charge < -0.3 is 108 Å². The van der Waals surface area contributed by atoms with Crippen molar-refractivity contribution in [1.82, 2.24) is 5.32 Å². The van der Waals surface area contributed by atoms with E-state index in [1.54, 1.807) is 0 Å². The number of aliphatic hydroxyl groups is 7. The largest absolute Gasteiger partial charge is 0.481 e. The summed E-state index contributed by atoms with van der Waals surface area (Å²) in [5, 5.41) is 96.0. The van der Waals surface area contributed by atoms with Gasteiger partial charge in [-0.25, -0.2) is 4.79 Å². The van der Waals surface area contributed by atoms with Crippen LogP contribution >= 0.6 is 0 Å². The third kappa shape index (κ3) is 13.5. The molecule has 0 radical (unpaired) electrons. The van der Waals surface area contributed by atoms with Crippen LogP contribution in [-0.4, -0.2) is 248 Å². The molecule has 0 aromatic rings. The average Bonchev–Trinajstić information content (AvgIpc) is 3.22. The number of ether oxygens (including phenoxy) is 11. The highest BCUT2D eigenvalue weighted by atomic mass is 16.7. The third-order valence-electron chi connectivity index (χ3n) is 9.68. The molecule has 0 unspecified atom stereocenters. The van der Waals surface area contributed by atoms with Crippen molar-refractivity contribution < 1.29 is 117 Å². The lowest BCUT2D eigenvalue weighted by atomic mass is 9.94. The minimum atomic E-state index is -1.87. The molecule has 18 atom stereocenters. The van der Waals surface area contributed by atoms with Gasteiger partial charge in [0.05, 0.1) is 39.1 Å². The molecule has 3 saturated heterocycles. The quantitative estimate of drug-likeness (QED) is 0.0232. The zero-order valence-electron chi connectivity index (χ0n) is 33.1. The third-order valence-corrected chi connectivity index (χ3v) is 9.68. The zero-order chi connectivity index (χ0) is 44.7. The van der Waals surface area contributed by atoms with Crippen molar-refractivity contribution in [3.8, 4) is 0 Å². The van der Waals surface area contributed by atoms with Crippen molar-refractivity contribution in [2.45, 2.75) is 123 Å². The van der Waals surface area contributed by atoms with E-state index in [2.05, 4.69) is 10.3 Å². The van der Waals surface area contributed by atoms with Crippen LogP contribution in [0, 0.1) is 0 Å². The Bertz CT molecular complexity index is 1360. The number of aliphatic imine (C=N–C) groups is 1. The summed E-state index contributed by atoms with van der Waals surface area (Å²) >= 11 is 0. The lowest BCUT2D eigenvalue weighted by Gasteiger charge is -2.47. The van der Waals surface area contributed by atoms with Crippen LogP contribution in [0.2, 0.25) is 0 Å². The number of rotatable bonds is 25. The number of carboxylic acids is 2. The number of hydrogen-bond donors (Lipinski definition) is 10. The van der Waals surface area contributed by atoms with Gasteiger partial charge in [0.25, 0.3) is 0 Å². The summed E-state index contributed by atoms with van der Waals surface area (Å²) in [5.41, 5.74) is 0. The molecule has 26 nitrogen and oxygen atoms in total. The molecule has 0 aromatic heterocycles. The molecule has 346 valence electrons. The van der Waals surface area contributed by atoms with Gasteiger partial charge in [0.2, 0.25) is 5.91 Å². The Hall–Kier alpha value is -2.97. The fourth-order valence-electron chi connectivity index (χ4n) is 6.62. The highest BCUT2D eigenvalue weighted by molar-refractivity contribution is 5.80. The first-order chi connectivity index (χ1) is 28.6. The summed E-state index contributed by atoms with van der Waals surface area (Å²) in [7, 11) is 4.66. The van der Waals surface area contributed by atoms with E-state index in [4.69, 9.17) is 62.3 Å². The summed E-state index contributed by atoms with van der Waals surface area (Å²) in [6.45, 7) is -3.77. The Labute approximate surface area is 342 Å². The minimum absolute atomic E-state index is 0.301. The molecule has 3 aliphatic rings. The molecule has 0 bridgehead atoms. The van der Waals surface area contributed by atoms with Gasteiger partial charge in [-0.2, -0.15) is 0 Å². The fourth-order valence-corrected chi connectivity index (χ4v) is 6.62. The number of carboxylic acid groups (broad SMARTS) is 2. The maximum absolute atomic E-state index is 12.6. The van der Waals surface area contributed by atoms with Crippen LogP contribution < -0.4 is 5.32 Å². The summed E-state index contributed by atoms with van der Waals surface area (Å²) in [5.74, 6) is -3.42. The summed E-state index contributed by atoms with van der Waals surface area (Å²) < 4.78 is 61.2. The number of nitrogens with one attached hydrogen (secondary N) is 1. The zero-order valence-corrected chi connectivity index (χ0v) is 33.1. The topological polar surface area (TPSA) is 376 Å². The second kappa shape index (κ2) is 25.2. The molecule has 3 aliphatic heterocycles. The van der Waals surface area contributed by atoms with Crippen LogP contribution in [0.25, 0.3) is 0 Å². The van der Waals surface area contributed by atoms with Crippen LogP contribution in [0.1, 0.15) is 12.8 Å². The smallest absolute Gasteiger partial charge is 0.329 e. The predicted octanol–water partition coefficient (Wildman–Crippen LogP) is -6.52. The summed E-state index contributed by atoms with van der Waals surface area (Å²) in [6, 6.07) is -3.05. The van der Waals surface area contributed by atoms with Crippen molar-refractivity contribution in [2.75, 3.05) is 61.5 Å². The summed E-state index contributed by atoms with van der Waals surface area (Å²) in [6.07, 6.45) is -25.0. The van der Waals surface area contributed by atoms with Crippen molar-refractivity contribution in [3.05, 3.63) is 0 Å². The molecule has 26 heteroatoms. The van der Waals surface area contributed by atoms with Crippen LogP contribution in [0.4, 0.5) is 0 Å². The van der Waals surface area contributed by atoms with Gasteiger partial charge in [0, 0.05) is 34.9 Å². The molecular formula is C34H56N2O24. The second-order valence-electron chi connectivity index (χ2n) is 13.6. The lowest BCUT2D eigenvalue weighted by molar-refractivity contribution is -0.329. The van der Waals surface area contributed by atoms with Crippen LogP contribution in [0.3, 0.4) is 0 Å². The van der Waals surface area contributed by atoms with E-state index in [9.17, 15) is 54.9 Å². The first-order valence-corrected chi connectivity index (χ1v) is 18.5. The number of carbonyl (C=O) groups is 4. The minimum Gasteiger partial charge on any atom is -0.481 e. The maximum Gasteiger partial charge on any atom is 0.329 e. The number of nitrogens with zero attached hydrogens (tertiary/aromatic N) is 1. The van der Waals surface area contributed by atoms with Crippen LogP contribution in [0.15, 0.2) is 4.99 Å². The number of aliphatic hydroxyl groups excluding tert-OH is 7. The first-order valence-electron chi connectivity index (χ1n) is 18.5. The monoisotopic (exact) mass is 876 g/mol. The summed E-state index contributed by atoms with van der Waals surface area (Å²) in [4.78, 5) is 50.9. The molecule has 3 rings (SSSR count). The number of amides is 1. The maximum atomic E-state index is 12.6. The van der Waals surface area contributed by atoms with Gasteiger partial charge in [-0.05, 0) is 0 Å². The van der Waals surface area contributed by atoms with E-state index in [1.807, 2.05) is 0 Å². The van der Waals surface area contributed by atoms with Crippen molar-refractivity contribution >= 4 is 30.3 Å². The Morgan fingerprint density at radius 2 is 1.38 bits per heavy atom. The van der Waals surface area contributed by atoms with Crippen LogP contribution in [0.5, 0.6) is 0 Å². The fraction of sp³-hybridized carbons (Fsp3) is 0.853. The van der Waals surface area contributed by atoms with Gasteiger partial charge in [-0.15, -0.1) is 0 Å². The Balaban J connectivity index is 2.05. The van der Waals surface area contributed by atoms with E-state index in [1.165, 1.54) is 14.2 Å². The van der Waals surface area contributed by atoms with Gasteiger partial charge in [0.15, 0.2) is 31.4 Å². The van der Waals surface area contributed by atoms with Gasteiger partial charge in [-0.1, -0.05) is 0 Å². The van der Waals surface area contributed by atoms with E-state index in [0.29, 0.717) is 6.29 Å². The van der Waals surface area contributed by atoms with Gasteiger partial charge in [0.1, 0.15) is 91.9 Å². The van der Waals surface area contributed by atoms with Gasteiger partial charge in [-0.3, -0.25) is 14.6 Å². The Morgan fingerprint density at radius 1 is 0.750 bits per heavy atom. The molecule has 10 N–H and O–H groups in total. The standard InChI is InChI=1S/C34H56N2O24/c1-50-14(8-37)15(9-38)55-22(59-31-18(12-54-13-21(44)45)58-34(53-4)28(49)27(31)48)7-35-23-25(46)29(51-2)16(10-39)57-33(23)60-30-17(11-40)56-32(52-3)24(26(30)47)36-19(41)5-6-20(42)43/h7-8,14-18,22-34,38-40,46-49H,5-6,9-13H2,1-4H3,(H,36,41)(H,42,43)(H,44,45)/t14-,15+,16+,17+,18+,22-,23+,24+,25+,26+,27+,28+,29+,30+,31+,32+,33-,34+/m0/s1. The van der Waals surface area contributed by atoms with E-state index < -0.39 is 174 Å². The molecule has 1 amide bonds. The Kier molecular flexibility index (Phi) is 21.6. The van der Waals surface area contributed by atoms with Crippen molar-refractivity contribution in [1.29, 1.82) is 0 Å². The molecule has 0 spiro atoms. The highest BCUT2D eigenvalue weighted by Gasteiger charge is 2.52. The molecule has 3 fully saturated rings. The van der Waals surface area contributed by atoms with E-state index in [0.717, 1.165) is 20.4 Å². The van der Waals surface area contributed by atoms with Crippen molar-refractivity contribution in [2.24, 2.45) is 4.99 Å². The van der Waals surface area contributed by atoms with E-state index >= 15 is 0 Å². The predicted molar refractivity (Wildman–Crippen MR) is 191 cm³/mol. The molecule has 3 heterocycles. The molecule has 60 heavy (non-hydrogen) atoms. The molecular weight excluding hydrogens is 820 g/mol. The molecule has 0 aromatic carbocycles. The molecule has 0 aliphatic carbocycles. The SMILES string of the molecule is CO[C@@H]1O[C@H](COCC(=O)O)[C@@H](O[C@@H](C=N[C@H]2[C@H](O[C@H]3[C@H](O)[C@@H](NC(=O)CCC(=O)O)[C@H](OC)O[C@@H]3CO)O[C@H](CO)[C@@H](OC)[C@@H]2O)O[C@H](CO)[C@H](C=O)OC)[C@H](O)[C@H]1O. The van der Waals surface area contributed by atoms with Gasteiger partial charge >= 0.3 is 11.9 Å². The molecule has 0 saturated carbocycles. The number of aldehydes is 1. The number of aliphatic carboxylic acids is 2. The number of carbonyl (C=O) groups excluding carboxylic acids is 2.